The average molecular weight is 256 g/mol. The second-order valence-corrected chi connectivity index (χ2v) is 4.29. The van der Waals surface area contributed by atoms with Gasteiger partial charge in [-0.05, 0) is 13.8 Å². The zero-order valence-corrected chi connectivity index (χ0v) is 11.4. The topological polar surface area (TPSA) is 74.6 Å². The molecule has 104 valence electrons. The minimum absolute atomic E-state index is 0.176. The number of aliphatic carboxylic acids is 2. The summed E-state index contributed by atoms with van der Waals surface area (Å²) in [7, 11) is 0. The summed E-state index contributed by atoms with van der Waals surface area (Å²) in [6.45, 7) is 9.20. The van der Waals surface area contributed by atoms with Crippen molar-refractivity contribution in [1.29, 1.82) is 0 Å². The molecule has 18 heavy (non-hydrogen) atoms. The van der Waals surface area contributed by atoms with Gasteiger partial charge >= 0.3 is 11.9 Å². The van der Waals surface area contributed by atoms with Gasteiger partial charge in [0.2, 0.25) is 0 Å². The normalized spacial score (nSPS) is 13.0. The van der Waals surface area contributed by atoms with E-state index < -0.39 is 11.9 Å². The van der Waals surface area contributed by atoms with E-state index in [1.807, 2.05) is 0 Å². The van der Waals surface area contributed by atoms with E-state index in [2.05, 4.69) is 13.2 Å². The second kappa shape index (κ2) is 11.9. The first-order chi connectivity index (χ1) is 8.29. The fraction of sp³-hybridized carbons (Fsp3) is 0.571. The number of hydrogen-bond acceptors (Lipinski definition) is 2. The Bertz CT molecular complexity index is 229. The maximum atomic E-state index is 9.60. The fourth-order valence-corrected chi connectivity index (χ4v) is 1.06. The third-order valence-electron chi connectivity index (χ3n) is 2.23. The molecule has 0 unspecified atom stereocenters. The van der Waals surface area contributed by atoms with Gasteiger partial charge in [0.05, 0.1) is 0 Å². The van der Waals surface area contributed by atoms with Crippen molar-refractivity contribution in [1.82, 2.24) is 0 Å². The molecule has 1 rings (SSSR count). The van der Waals surface area contributed by atoms with E-state index in [-0.39, 0.29) is 11.1 Å². The number of carbonyl (C=O) groups is 2. The van der Waals surface area contributed by atoms with E-state index >= 15 is 0 Å². The molecule has 0 aromatic heterocycles. The Labute approximate surface area is 109 Å². The van der Waals surface area contributed by atoms with E-state index in [9.17, 15) is 9.59 Å². The first kappa shape index (κ1) is 18.8. The summed E-state index contributed by atoms with van der Waals surface area (Å²) in [5, 5.41) is 15.8. The number of carboxylic acid groups (broad SMARTS) is 2. The lowest BCUT2D eigenvalue weighted by molar-refractivity contribution is -0.133. The van der Waals surface area contributed by atoms with Crippen LogP contribution in [-0.2, 0) is 9.59 Å². The van der Waals surface area contributed by atoms with Crippen molar-refractivity contribution in [3.63, 3.8) is 0 Å². The summed E-state index contributed by atoms with van der Waals surface area (Å²) < 4.78 is 0. The molecular formula is C14H24O4. The number of rotatable bonds is 2. The van der Waals surface area contributed by atoms with Crippen LogP contribution in [0.2, 0.25) is 0 Å². The van der Waals surface area contributed by atoms with E-state index in [4.69, 9.17) is 10.2 Å². The van der Waals surface area contributed by atoms with Crippen LogP contribution < -0.4 is 0 Å². The van der Waals surface area contributed by atoms with Gasteiger partial charge in [0.25, 0.3) is 0 Å². The molecule has 0 bridgehead atoms. The Kier molecular flexibility index (Phi) is 12.4. The molecule has 0 heterocycles. The summed E-state index contributed by atoms with van der Waals surface area (Å²) in [5.74, 6) is -1.87. The summed E-state index contributed by atoms with van der Waals surface area (Å²) in [6, 6.07) is 0. The molecule has 0 radical (unpaired) electrons. The van der Waals surface area contributed by atoms with Crippen molar-refractivity contribution in [2.24, 2.45) is 0 Å². The molecule has 0 atom stereocenters. The summed E-state index contributed by atoms with van der Waals surface area (Å²) in [4.78, 5) is 19.2. The molecule has 1 aliphatic carbocycles. The fourth-order valence-electron chi connectivity index (χ4n) is 1.06. The predicted molar refractivity (Wildman–Crippen MR) is 72.6 cm³/mol. The van der Waals surface area contributed by atoms with Crippen LogP contribution in [0.1, 0.15) is 52.4 Å². The highest BCUT2D eigenvalue weighted by Gasteiger charge is 1.95. The van der Waals surface area contributed by atoms with Crippen molar-refractivity contribution in [3.8, 4) is 0 Å². The standard InChI is InChI=1S/C6H12.2C4H6O2/c1-2-4-6-5-3-1;2*1-3(2)4(5)6/h1-6H2;2*1H2,2H3,(H,5,6). The van der Waals surface area contributed by atoms with Crippen LogP contribution in [-0.4, -0.2) is 22.2 Å². The van der Waals surface area contributed by atoms with E-state index in [0.717, 1.165) is 0 Å². The molecule has 1 fully saturated rings. The average Bonchev–Trinajstić information content (AvgIpc) is 2.32. The molecule has 0 aliphatic heterocycles. The molecule has 4 nitrogen and oxygen atoms in total. The maximum absolute atomic E-state index is 9.60. The summed E-state index contributed by atoms with van der Waals surface area (Å²) in [5.41, 5.74) is 0.352. The number of hydrogen-bond donors (Lipinski definition) is 2. The highest BCUT2D eigenvalue weighted by molar-refractivity contribution is 5.85. The Hall–Kier alpha value is -1.58. The first-order valence-corrected chi connectivity index (χ1v) is 6.06. The van der Waals surface area contributed by atoms with Gasteiger partial charge in [-0.25, -0.2) is 9.59 Å². The molecule has 2 N–H and O–H groups in total. The van der Waals surface area contributed by atoms with Crippen LogP contribution in [0.25, 0.3) is 0 Å². The van der Waals surface area contributed by atoms with Crippen LogP contribution in [0, 0.1) is 0 Å². The molecule has 1 saturated carbocycles. The zero-order chi connectivity index (χ0) is 14.6. The van der Waals surface area contributed by atoms with E-state index in [0.29, 0.717) is 0 Å². The molecule has 0 amide bonds. The van der Waals surface area contributed by atoms with Crippen LogP contribution in [0.15, 0.2) is 24.3 Å². The van der Waals surface area contributed by atoms with Crippen LogP contribution >= 0.6 is 0 Å². The van der Waals surface area contributed by atoms with Gasteiger partial charge in [0.15, 0.2) is 0 Å². The molecule has 1 aliphatic rings. The van der Waals surface area contributed by atoms with Gasteiger partial charge < -0.3 is 10.2 Å². The quantitative estimate of drug-likeness (QED) is 0.740. The lowest BCUT2D eigenvalue weighted by atomic mass is 10.0. The maximum Gasteiger partial charge on any atom is 0.330 e. The largest absolute Gasteiger partial charge is 0.478 e. The molecule has 0 saturated heterocycles. The zero-order valence-electron chi connectivity index (χ0n) is 11.4. The Balaban J connectivity index is 0. The van der Waals surface area contributed by atoms with Gasteiger partial charge in [0.1, 0.15) is 0 Å². The van der Waals surface area contributed by atoms with Gasteiger partial charge in [-0.1, -0.05) is 51.7 Å². The molecular weight excluding hydrogens is 232 g/mol. The third kappa shape index (κ3) is 16.8. The monoisotopic (exact) mass is 256 g/mol. The minimum Gasteiger partial charge on any atom is -0.478 e. The minimum atomic E-state index is -0.935. The molecule has 0 spiro atoms. The van der Waals surface area contributed by atoms with Crippen molar-refractivity contribution in [3.05, 3.63) is 24.3 Å². The number of carboxylic acids is 2. The Morgan fingerprint density at radius 3 is 0.889 bits per heavy atom. The van der Waals surface area contributed by atoms with Crippen molar-refractivity contribution < 1.29 is 19.8 Å². The summed E-state index contributed by atoms with van der Waals surface area (Å²) in [6.07, 6.45) is 9.00. The van der Waals surface area contributed by atoms with Crippen LogP contribution in [0.5, 0.6) is 0 Å². The third-order valence-corrected chi connectivity index (χ3v) is 2.23. The summed E-state index contributed by atoms with van der Waals surface area (Å²) >= 11 is 0. The van der Waals surface area contributed by atoms with Crippen molar-refractivity contribution in [2.75, 3.05) is 0 Å². The van der Waals surface area contributed by atoms with Crippen LogP contribution in [0.3, 0.4) is 0 Å². The molecule has 0 aromatic rings. The van der Waals surface area contributed by atoms with E-state index in [1.165, 1.54) is 52.4 Å². The predicted octanol–water partition coefficient (Wildman–Crippen LogP) is 3.63. The Morgan fingerprint density at radius 2 is 0.833 bits per heavy atom. The molecule has 4 heteroatoms. The van der Waals surface area contributed by atoms with Gasteiger partial charge in [0, 0.05) is 11.1 Å². The first-order valence-electron chi connectivity index (χ1n) is 6.06. The lowest BCUT2D eigenvalue weighted by Gasteiger charge is -2.05. The molecule has 0 aromatic carbocycles. The van der Waals surface area contributed by atoms with Crippen molar-refractivity contribution >= 4 is 11.9 Å². The van der Waals surface area contributed by atoms with Gasteiger partial charge in [-0.3, -0.25) is 0 Å². The van der Waals surface area contributed by atoms with Gasteiger partial charge in [-0.2, -0.15) is 0 Å². The second-order valence-electron chi connectivity index (χ2n) is 4.29. The highest BCUT2D eigenvalue weighted by atomic mass is 16.4. The SMILES string of the molecule is C1CCCCC1.C=C(C)C(=O)O.C=C(C)C(=O)O. The highest BCUT2D eigenvalue weighted by Crippen LogP contribution is 2.15. The van der Waals surface area contributed by atoms with Crippen LogP contribution in [0.4, 0.5) is 0 Å². The lowest BCUT2D eigenvalue weighted by Crippen LogP contribution is -1.92. The Morgan fingerprint density at radius 1 is 0.722 bits per heavy atom. The smallest absolute Gasteiger partial charge is 0.330 e. The van der Waals surface area contributed by atoms with Gasteiger partial charge in [-0.15, -0.1) is 0 Å². The van der Waals surface area contributed by atoms with Crippen molar-refractivity contribution in [2.45, 2.75) is 52.4 Å². The van der Waals surface area contributed by atoms with E-state index in [1.54, 1.807) is 0 Å².